The van der Waals surface area contributed by atoms with Gasteiger partial charge in [-0.3, -0.25) is 0 Å². The van der Waals surface area contributed by atoms with Gasteiger partial charge in [-0.15, -0.1) is 11.3 Å². The van der Waals surface area contributed by atoms with E-state index in [1.54, 1.807) is 0 Å². The Balaban J connectivity index is 2.36. The number of sulfonamides is 1. The van der Waals surface area contributed by atoms with Crippen molar-refractivity contribution in [2.45, 2.75) is 24.3 Å². The maximum atomic E-state index is 12.6. The third-order valence-corrected chi connectivity index (χ3v) is 5.74. The maximum Gasteiger partial charge on any atom is 0.244 e. The summed E-state index contributed by atoms with van der Waals surface area (Å²) in [6.07, 6.45) is 2.12. The Hall–Kier alpha value is -1.00. The largest absolute Gasteiger partial charge is 0.307 e. The topological polar surface area (TPSA) is 97.1 Å². The number of nitrogen functional groups attached to an aromatic ring is 1. The van der Waals surface area contributed by atoms with Gasteiger partial charge in [0.1, 0.15) is 4.90 Å². The Morgan fingerprint density at radius 3 is 2.86 bits per heavy atom. The highest BCUT2D eigenvalue weighted by molar-refractivity contribution is 9.10. The monoisotopic (exact) mass is 390 g/mol. The molecule has 0 radical (unpaired) electrons. The summed E-state index contributed by atoms with van der Waals surface area (Å²) in [7, 11) is -3.74. The quantitative estimate of drug-likeness (QED) is 0.520. The molecular weight excluding hydrogens is 376 g/mol. The van der Waals surface area contributed by atoms with E-state index < -0.39 is 10.0 Å². The van der Waals surface area contributed by atoms with Gasteiger partial charge in [-0.25, -0.2) is 24.0 Å². The molecule has 9 heteroatoms. The van der Waals surface area contributed by atoms with E-state index in [2.05, 4.69) is 31.1 Å². The number of rotatable bonds is 6. The molecular formula is C12H15BrN4O2S2. The molecule has 0 aliphatic carbocycles. The van der Waals surface area contributed by atoms with Crippen molar-refractivity contribution in [1.82, 2.24) is 9.71 Å². The van der Waals surface area contributed by atoms with E-state index in [0.29, 0.717) is 10.9 Å². The van der Waals surface area contributed by atoms with E-state index in [0.717, 1.165) is 4.88 Å². The number of hydrogen-bond donors (Lipinski definition) is 3. The van der Waals surface area contributed by atoms with E-state index in [1.807, 2.05) is 24.4 Å². The summed E-state index contributed by atoms with van der Waals surface area (Å²) in [6, 6.07) is 4.98. The van der Waals surface area contributed by atoms with Gasteiger partial charge in [0, 0.05) is 15.5 Å². The number of nitrogens with one attached hydrogen (secondary N) is 2. The van der Waals surface area contributed by atoms with E-state index in [4.69, 9.17) is 5.84 Å². The zero-order valence-corrected chi connectivity index (χ0v) is 14.4. The standard InChI is InChI=1S/C12H15BrN4O2S2/c1-2-9(10-4-3-5-20-10)17-21(18,19)11-6-8(13)7-15-12(11)16-14/h3-7,9,17H,2,14H2,1H3,(H,15,16). The first kappa shape index (κ1) is 16.4. The van der Waals surface area contributed by atoms with Crippen LogP contribution in [0.3, 0.4) is 0 Å². The third kappa shape index (κ3) is 3.80. The molecule has 2 rings (SSSR count). The molecule has 1 atom stereocenters. The summed E-state index contributed by atoms with van der Waals surface area (Å²) in [5.74, 6) is 5.44. The lowest BCUT2D eigenvalue weighted by molar-refractivity contribution is 0.553. The van der Waals surface area contributed by atoms with Crippen LogP contribution in [-0.2, 0) is 10.0 Å². The minimum absolute atomic E-state index is 0.00869. The van der Waals surface area contributed by atoms with Crippen LogP contribution in [0.4, 0.5) is 5.82 Å². The Bertz CT molecular complexity index is 704. The van der Waals surface area contributed by atoms with Crippen LogP contribution < -0.4 is 16.0 Å². The highest BCUT2D eigenvalue weighted by Crippen LogP contribution is 2.27. The lowest BCUT2D eigenvalue weighted by Crippen LogP contribution is -2.29. The fourth-order valence-corrected chi connectivity index (χ4v) is 4.68. The smallest absolute Gasteiger partial charge is 0.244 e. The molecule has 2 aromatic heterocycles. The van der Waals surface area contributed by atoms with E-state index in [9.17, 15) is 8.42 Å². The number of halogens is 1. The first-order chi connectivity index (χ1) is 9.97. The number of hydrazine groups is 1. The minimum Gasteiger partial charge on any atom is -0.307 e. The lowest BCUT2D eigenvalue weighted by atomic mass is 10.2. The molecule has 2 heterocycles. The van der Waals surface area contributed by atoms with Gasteiger partial charge >= 0.3 is 0 Å². The molecule has 0 aromatic carbocycles. The van der Waals surface area contributed by atoms with E-state index >= 15 is 0 Å². The normalized spacial score (nSPS) is 13.1. The molecule has 0 aliphatic heterocycles. The number of aromatic nitrogens is 1. The summed E-state index contributed by atoms with van der Waals surface area (Å²) in [5, 5.41) is 1.92. The van der Waals surface area contributed by atoms with Gasteiger partial charge in [0.25, 0.3) is 0 Å². The van der Waals surface area contributed by atoms with Crippen molar-refractivity contribution in [2.75, 3.05) is 5.43 Å². The van der Waals surface area contributed by atoms with Crippen molar-refractivity contribution in [3.63, 3.8) is 0 Å². The zero-order chi connectivity index (χ0) is 15.5. The van der Waals surface area contributed by atoms with Crippen LogP contribution in [-0.4, -0.2) is 13.4 Å². The Morgan fingerprint density at radius 1 is 1.52 bits per heavy atom. The summed E-state index contributed by atoms with van der Waals surface area (Å²) in [5.41, 5.74) is 2.31. The van der Waals surface area contributed by atoms with Crippen LogP contribution in [0, 0.1) is 0 Å². The van der Waals surface area contributed by atoms with Crippen molar-refractivity contribution in [1.29, 1.82) is 0 Å². The lowest BCUT2D eigenvalue weighted by Gasteiger charge is -2.17. The van der Waals surface area contributed by atoms with Crippen molar-refractivity contribution in [3.05, 3.63) is 39.1 Å². The number of anilines is 1. The molecule has 0 fully saturated rings. The van der Waals surface area contributed by atoms with Crippen molar-refractivity contribution in [3.8, 4) is 0 Å². The molecule has 21 heavy (non-hydrogen) atoms. The predicted molar refractivity (Wildman–Crippen MR) is 87.4 cm³/mol. The molecule has 0 saturated carbocycles. The fraction of sp³-hybridized carbons (Fsp3) is 0.250. The Kier molecular flexibility index (Phi) is 5.33. The minimum atomic E-state index is -3.74. The van der Waals surface area contributed by atoms with Gasteiger partial charge in [-0.2, -0.15) is 0 Å². The second kappa shape index (κ2) is 6.84. The molecule has 114 valence electrons. The van der Waals surface area contributed by atoms with Gasteiger partial charge < -0.3 is 5.43 Å². The van der Waals surface area contributed by atoms with Crippen LogP contribution in [0.25, 0.3) is 0 Å². The van der Waals surface area contributed by atoms with Gasteiger partial charge in [-0.1, -0.05) is 13.0 Å². The fourth-order valence-electron chi connectivity index (χ4n) is 1.82. The number of thiophene rings is 1. The van der Waals surface area contributed by atoms with Crippen molar-refractivity contribution in [2.24, 2.45) is 5.84 Å². The summed E-state index contributed by atoms with van der Waals surface area (Å²) < 4.78 is 28.4. The van der Waals surface area contributed by atoms with Crippen LogP contribution >= 0.6 is 27.3 Å². The van der Waals surface area contributed by atoms with Gasteiger partial charge in [0.2, 0.25) is 10.0 Å². The second-order valence-corrected chi connectivity index (χ2v) is 7.82. The average Bonchev–Trinajstić information content (AvgIpc) is 2.99. The Labute approximate surface area is 135 Å². The molecule has 0 bridgehead atoms. The maximum absolute atomic E-state index is 12.6. The molecule has 0 saturated heterocycles. The summed E-state index contributed by atoms with van der Waals surface area (Å²) in [4.78, 5) is 4.93. The highest BCUT2D eigenvalue weighted by Gasteiger charge is 2.24. The predicted octanol–water partition coefficient (Wildman–Crippen LogP) is 2.62. The number of nitrogens with zero attached hydrogens (tertiary/aromatic N) is 1. The second-order valence-electron chi connectivity index (χ2n) is 4.24. The molecule has 6 nitrogen and oxygen atoms in total. The van der Waals surface area contributed by atoms with Gasteiger partial charge in [0.05, 0.1) is 6.04 Å². The van der Waals surface area contributed by atoms with Crippen molar-refractivity contribution < 1.29 is 8.42 Å². The van der Waals surface area contributed by atoms with E-state index in [1.165, 1.54) is 23.6 Å². The molecule has 0 amide bonds. The van der Waals surface area contributed by atoms with Crippen molar-refractivity contribution >= 4 is 43.1 Å². The molecule has 1 unspecified atom stereocenters. The number of pyridine rings is 1. The first-order valence-corrected chi connectivity index (χ1v) is 9.31. The molecule has 2 aromatic rings. The van der Waals surface area contributed by atoms with Crippen LogP contribution in [0.5, 0.6) is 0 Å². The molecule has 0 aliphatic rings. The first-order valence-electron chi connectivity index (χ1n) is 6.15. The number of hydrogen-bond acceptors (Lipinski definition) is 6. The molecule has 4 N–H and O–H groups in total. The van der Waals surface area contributed by atoms with Crippen LogP contribution in [0.2, 0.25) is 0 Å². The zero-order valence-electron chi connectivity index (χ0n) is 11.2. The van der Waals surface area contributed by atoms with Crippen LogP contribution in [0.1, 0.15) is 24.3 Å². The summed E-state index contributed by atoms with van der Waals surface area (Å²) >= 11 is 4.73. The van der Waals surface area contributed by atoms with Gasteiger partial charge in [-0.05, 0) is 39.9 Å². The highest BCUT2D eigenvalue weighted by atomic mass is 79.9. The van der Waals surface area contributed by atoms with Crippen LogP contribution in [0.15, 0.2) is 39.1 Å². The third-order valence-electron chi connectivity index (χ3n) is 2.84. The Morgan fingerprint density at radius 2 is 2.29 bits per heavy atom. The summed E-state index contributed by atoms with van der Waals surface area (Å²) in [6.45, 7) is 1.92. The SMILES string of the molecule is CCC(NS(=O)(=O)c1cc(Br)cnc1NN)c1cccs1. The van der Waals surface area contributed by atoms with Gasteiger partial charge in [0.15, 0.2) is 5.82 Å². The van der Waals surface area contributed by atoms with E-state index in [-0.39, 0.29) is 16.8 Å². The number of nitrogens with two attached hydrogens (primary N) is 1. The molecule has 0 spiro atoms. The average molecular weight is 391 g/mol.